The largest absolute Gasteiger partial charge is 0.464 e. The van der Waals surface area contributed by atoms with E-state index in [-0.39, 0.29) is 30.2 Å². The molecule has 0 saturated heterocycles. The molecule has 1 heterocycles. The molecule has 0 unspecified atom stereocenters. The molecule has 0 fully saturated rings. The summed E-state index contributed by atoms with van der Waals surface area (Å²) in [5, 5.41) is 2.88. The van der Waals surface area contributed by atoms with Gasteiger partial charge in [-0.3, -0.25) is 0 Å². The van der Waals surface area contributed by atoms with E-state index in [4.69, 9.17) is 4.42 Å². The van der Waals surface area contributed by atoms with Crippen LogP contribution in [0.25, 0.3) is 0 Å². The molecule has 7 heteroatoms. The number of methoxy groups -OCH3 is 1. The summed E-state index contributed by atoms with van der Waals surface area (Å²) in [6.45, 7) is 6.00. The Morgan fingerprint density at radius 2 is 2.12 bits per heavy atom. The van der Waals surface area contributed by atoms with Crippen LogP contribution in [0.2, 0.25) is 0 Å². The number of carbonyl (C=O) groups excluding carboxylic acids is 2. The average molecular weight is 345 g/mol. The van der Waals surface area contributed by atoms with Crippen LogP contribution in [0.5, 0.6) is 0 Å². The maximum atomic E-state index is 12.6. The number of urea groups is 1. The Morgan fingerprint density at radius 1 is 1.36 bits per heavy atom. The van der Waals surface area contributed by atoms with Crippen LogP contribution in [-0.4, -0.2) is 35.0 Å². The van der Waals surface area contributed by atoms with Crippen LogP contribution in [-0.2, 0) is 17.7 Å². The Bertz CT molecular complexity index is 739. The van der Waals surface area contributed by atoms with Crippen molar-refractivity contribution in [3.8, 4) is 0 Å². The highest BCUT2D eigenvalue weighted by atomic mass is 16.5. The lowest BCUT2D eigenvalue weighted by Gasteiger charge is -2.25. The highest BCUT2D eigenvalue weighted by Gasteiger charge is 2.21. The molecule has 1 N–H and O–H groups in total. The van der Waals surface area contributed by atoms with Gasteiger partial charge in [-0.05, 0) is 38.0 Å². The number of amides is 2. The summed E-state index contributed by atoms with van der Waals surface area (Å²) in [6.07, 6.45) is 2.12. The molecule has 0 aliphatic rings. The van der Waals surface area contributed by atoms with Crippen molar-refractivity contribution in [2.24, 2.45) is 0 Å². The monoisotopic (exact) mass is 345 g/mol. The minimum Gasteiger partial charge on any atom is -0.464 e. The lowest BCUT2D eigenvalue weighted by molar-refractivity contribution is 0.0594. The van der Waals surface area contributed by atoms with Gasteiger partial charge in [-0.1, -0.05) is 19.1 Å². The Balaban J connectivity index is 2.10. The maximum Gasteiger partial charge on any atom is 0.360 e. The standard InChI is InChI=1S/C18H23N3O4/c1-5-13-7-6-8-14(9-13)19-18(23)21(12(2)3)10-16-20-15(11-25-16)17(22)24-4/h6-9,11-12H,5,10H2,1-4H3,(H,19,23). The number of esters is 1. The average Bonchev–Trinajstić information content (AvgIpc) is 3.07. The number of hydrogen-bond acceptors (Lipinski definition) is 5. The van der Waals surface area contributed by atoms with E-state index < -0.39 is 5.97 Å². The minimum atomic E-state index is -0.577. The molecule has 0 spiro atoms. The van der Waals surface area contributed by atoms with E-state index in [0.717, 1.165) is 17.7 Å². The molecule has 7 nitrogen and oxygen atoms in total. The first-order valence-electron chi connectivity index (χ1n) is 8.13. The second-order valence-corrected chi connectivity index (χ2v) is 5.82. The number of carbonyl (C=O) groups is 2. The van der Waals surface area contributed by atoms with Gasteiger partial charge in [0.05, 0.1) is 13.7 Å². The van der Waals surface area contributed by atoms with Crippen LogP contribution in [0.1, 0.15) is 42.7 Å². The summed E-state index contributed by atoms with van der Waals surface area (Å²) in [4.78, 5) is 29.7. The topological polar surface area (TPSA) is 84.7 Å². The van der Waals surface area contributed by atoms with Gasteiger partial charge in [-0.25, -0.2) is 14.6 Å². The summed E-state index contributed by atoms with van der Waals surface area (Å²) < 4.78 is 9.87. The lowest BCUT2D eigenvalue weighted by Crippen LogP contribution is -2.39. The van der Waals surface area contributed by atoms with E-state index >= 15 is 0 Å². The van der Waals surface area contributed by atoms with Crippen molar-refractivity contribution in [3.05, 3.63) is 47.7 Å². The molecule has 0 bridgehead atoms. The molecule has 25 heavy (non-hydrogen) atoms. The maximum absolute atomic E-state index is 12.6. The number of oxazole rings is 1. The first-order chi connectivity index (χ1) is 11.9. The van der Waals surface area contributed by atoms with Crippen LogP contribution in [0, 0.1) is 0 Å². The van der Waals surface area contributed by atoms with Crippen LogP contribution >= 0.6 is 0 Å². The van der Waals surface area contributed by atoms with Gasteiger partial charge in [-0.15, -0.1) is 0 Å². The smallest absolute Gasteiger partial charge is 0.360 e. The van der Waals surface area contributed by atoms with Crippen molar-refractivity contribution < 1.29 is 18.7 Å². The van der Waals surface area contributed by atoms with Gasteiger partial charge in [0.15, 0.2) is 5.69 Å². The third-order valence-corrected chi connectivity index (χ3v) is 3.72. The molecular weight excluding hydrogens is 322 g/mol. The summed E-state index contributed by atoms with van der Waals surface area (Å²) in [7, 11) is 1.27. The molecule has 1 aromatic heterocycles. The molecular formula is C18H23N3O4. The number of nitrogens with one attached hydrogen (secondary N) is 1. The van der Waals surface area contributed by atoms with Crippen LogP contribution < -0.4 is 5.32 Å². The lowest BCUT2D eigenvalue weighted by atomic mass is 10.1. The quantitative estimate of drug-likeness (QED) is 0.810. The molecule has 2 rings (SSSR count). The van der Waals surface area contributed by atoms with Gasteiger partial charge in [-0.2, -0.15) is 0 Å². The number of aromatic nitrogens is 1. The van der Waals surface area contributed by atoms with E-state index in [1.807, 2.05) is 38.1 Å². The molecule has 0 atom stereocenters. The molecule has 2 aromatic rings. The Hall–Kier alpha value is -2.83. The van der Waals surface area contributed by atoms with Gasteiger partial charge in [0.1, 0.15) is 6.26 Å². The van der Waals surface area contributed by atoms with Crippen molar-refractivity contribution in [2.75, 3.05) is 12.4 Å². The fourth-order valence-electron chi connectivity index (χ4n) is 2.28. The van der Waals surface area contributed by atoms with E-state index in [0.29, 0.717) is 0 Å². The normalized spacial score (nSPS) is 10.6. The van der Waals surface area contributed by atoms with Gasteiger partial charge in [0, 0.05) is 11.7 Å². The Morgan fingerprint density at radius 3 is 2.76 bits per heavy atom. The van der Waals surface area contributed by atoms with Crippen LogP contribution in [0.3, 0.4) is 0 Å². The van der Waals surface area contributed by atoms with Crippen molar-refractivity contribution in [1.29, 1.82) is 0 Å². The molecule has 2 amide bonds. The highest BCUT2D eigenvalue weighted by Crippen LogP contribution is 2.15. The second-order valence-electron chi connectivity index (χ2n) is 5.82. The minimum absolute atomic E-state index is 0.0807. The second kappa shape index (κ2) is 8.32. The fourth-order valence-corrected chi connectivity index (χ4v) is 2.28. The number of rotatable bonds is 6. The summed E-state index contributed by atoms with van der Waals surface area (Å²) >= 11 is 0. The third-order valence-electron chi connectivity index (χ3n) is 3.72. The van der Waals surface area contributed by atoms with Gasteiger partial charge in [0.25, 0.3) is 0 Å². The van der Waals surface area contributed by atoms with E-state index in [1.165, 1.54) is 13.4 Å². The van der Waals surface area contributed by atoms with E-state index in [2.05, 4.69) is 22.0 Å². The molecule has 0 radical (unpaired) electrons. The predicted octanol–water partition coefficient (Wildman–Crippen LogP) is 3.47. The molecule has 134 valence electrons. The van der Waals surface area contributed by atoms with E-state index in [9.17, 15) is 9.59 Å². The molecule has 0 aliphatic carbocycles. The van der Waals surface area contributed by atoms with Crippen LogP contribution in [0.4, 0.5) is 10.5 Å². The molecule has 0 saturated carbocycles. The van der Waals surface area contributed by atoms with Crippen LogP contribution in [0.15, 0.2) is 34.9 Å². The fraction of sp³-hybridized carbons (Fsp3) is 0.389. The van der Waals surface area contributed by atoms with Gasteiger partial charge >= 0.3 is 12.0 Å². The first-order valence-corrected chi connectivity index (χ1v) is 8.13. The summed E-state index contributed by atoms with van der Waals surface area (Å²) in [5.41, 5.74) is 1.96. The Kier molecular flexibility index (Phi) is 6.16. The zero-order valence-electron chi connectivity index (χ0n) is 14.9. The molecule has 1 aromatic carbocycles. The SMILES string of the molecule is CCc1cccc(NC(=O)N(Cc2nc(C(=O)OC)co2)C(C)C)c1. The number of benzene rings is 1. The van der Waals surface area contributed by atoms with Gasteiger partial charge < -0.3 is 19.4 Å². The van der Waals surface area contributed by atoms with E-state index in [1.54, 1.807) is 4.90 Å². The number of hydrogen-bond donors (Lipinski definition) is 1. The van der Waals surface area contributed by atoms with Crippen molar-refractivity contribution in [1.82, 2.24) is 9.88 Å². The zero-order chi connectivity index (χ0) is 18.4. The predicted molar refractivity (Wildman–Crippen MR) is 93.4 cm³/mol. The number of nitrogens with zero attached hydrogens (tertiary/aromatic N) is 2. The molecule has 0 aliphatic heterocycles. The summed E-state index contributed by atoms with van der Waals surface area (Å²) in [5.74, 6) is -0.307. The zero-order valence-corrected chi connectivity index (χ0v) is 14.9. The van der Waals surface area contributed by atoms with Gasteiger partial charge in [0.2, 0.25) is 5.89 Å². The Labute approximate surface area is 147 Å². The van der Waals surface area contributed by atoms with Crippen molar-refractivity contribution in [3.63, 3.8) is 0 Å². The van der Waals surface area contributed by atoms with Crippen molar-refractivity contribution >= 4 is 17.7 Å². The number of anilines is 1. The number of ether oxygens (including phenoxy) is 1. The first kappa shape index (κ1) is 18.5. The third kappa shape index (κ3) is 4.82. The van der Waals surface area contributed by atoms with Crippen molar-refractivity contribution in [2.45, 2.75) is 39.8 Å². The summed E-state index contributed by atoms with van der Waals surface area (Å²) in [6, 6.07) is 7.36. The highest BCUT2D eigenvalue weighted by molar-refractivity contribution is 5.89. The number of aryl methyl sites for hydroxylation is 1.